The first-order valence-electron chi connectivity index (χ1n) is 7.24. The largest absolute Gasteiger partial charge is 0.271 e. The third-order valence-electron chi connectivity index (χ3n) is 4.67. The average Bonchev–Trinajstić information content (AvgIpc) is 2.86. The molecule has 0 saturated heterocycles. The first kappa shape index (κ1) is 12.6. The van der Waals surface area contributed by atoms with E-state index < -0.39 is 0 Å². The van der Waals surface area contributed by atoms with Crippen LogP contribution in [0, 0.1) is 11.8 Å². The van der Waals surface area contributed by atoms with Crippen LogP contribution in [0.3, 0.4) is 0 Å². The van der Waals surface area contributed by atoms with Crippen molar-refractivity contribution in [1.29, 1.82) is 0 Å². The summed E-state index contributed by atoms with van der Waals surface area (Å²) in [5, 5.41) is 2.59. The van der Waals surface area contributed by atoms with Crippen molar-refractivity contribution in [3.8, 4) is 0 Å². The van der Waals surface area contributed by atoms with E-state index in [9.17, 15) is 0 Å². The van der Waals surface area contributed by atoms with Gasteiger partial charge in [-0.05, 0) is 40.7 Å². The summed E-state index contributed by atoms with van der Waals surface area (Å²) in [6, 6.07) is 15.5. The summed E-state index contributed by atoms with van der Waals surface area (Å²) in [6.07, 6.45) is 3.94. The molecule has 2 aromatic rings. The molecule has 0 aromatic heterocycles. The summed E-state index contributed by atoms with van der Waals surface area (Å²) < 4.78 is 0. The third kappa shape index (κ3) is 2.38. The van der Waals surface area contributed by atoms with Crippen LogP contribution in [-0.2, 0) is 0 Å². The van der Waals surface area contributed by atoms with E-state index in [-0.39, 0.29) is 6.04 Å². The SMILES string of the molecule is CC1CCCC1C(NN)c1ccc2ccccc2c1. The smallest absolute Gasteiger partial charge is 0.0490 e. The van der Waals surface area contributed by atoms with Crippen LogP contribution in [0.15, 0.2) is 42.5 Å². The highest BCUT2D eigenvalue weighted by Crippen LogP contribution is 2.40. The minimum atomic E-state index is 0.280. The maximum atomic E-state index is 5.84. The molecule has 0 bridgehead atoms. The molecule has 1 fully saturated rings. The molecule has 0 amide bonds. The van der Waals surface area contributed by atoms with Crippen molar-refractivity contribution >= 4 is 10.8 Å². The van der Waals surface area contributed by atoms with Gasteiger partial charge in [0.1, 0.15) is 0 Å². The molecule has 3 rings (SSSR count). The lowest BCUT2D eigenvalue weighted by atomic mass is 9.85. The lowest BCUT2D eigenvalue weighted by molar-refractivity contribution is 0.305. The van der Waals surface area contributed by atoms with Crippen LogP contribution in [-0.4, -0.2) is 0 Å². The van der Waals surface area contributed by atoms with E-state index in [2.05, 4.69) is 54.8 Å². The van der Waals surface area contributed by atoms with Gasteiger partial charge < -0.3 is 0 Å². The van der Waals surface area contributed by atoms with Crippen LogP contribution in [0.1, 0.15) is 37.8 Å². The Morgan fingerprint density at radius 1 is 1.11 bits per heavy atom. The number of fused-ring (bicyclic) bond motifs is 1. The normalized spacial score (nSPS) is 24.7. The van der Waals surface area contributed by atoms with Gasteiger partial charge in [0.15, 0.2) is 0 Å². The van der Waals surface area contributed by atoms with Crippen molar-refractivity contribution in [3.63, 3.8) is 0 Å². The summed E-state index contributed by atoms with van der Waals surface area (Å²) in [5.74, 6) is 7.26. The molecule has 2 nitrogen and oxygen atoms in total. The van der Waals surface area contributed by atoms with Gasteiger partial charge in [0.25, 0.3) is 0 Å². The first-order chi connectivity index (χ1) is 9.29. The molecule has 1 aliphatic carbocycles. The molecule has 2 aromatic carbocycles. The molecular formula is C17H22N2. The molecule has 0 spiro atoms. The molecule has 100 valence electrons. The van der Waals surface area contributed by atoms with Gasteiger partial charge in [0.2, 0.25) is 0 Å². The van der Waals surface area contributed by atoms with Gasteiger partial charge >= 0.3 is 0 Å². The molecule has 3 N–H and O–H groups in total. The summed E-state index contributed by atoms with van der Waals surface area (Å²) in [7, 11) is 0. The predicted molar refractivity (Wildman–Crippen MR) is 80.5 cm³/mol. The van der Waals surface area contributed by atoms with Crippen LogP contribution in [0.4, 0.5) is 0 Å². The first-order valence-corrected chi connectivity index (χ1v) is 7.24. The van der Waals surface area contributed by atoms with Crippen LogP contribution in [0.5, 0.6) is 0 Å². The van der Waals surface area contributed by atoms with E-state index in [1.807, 2.05) is 0 Å². The molecule has 0 heterocycles. The number of hydrogen-bond donors (Lipinski definition) is 2. The minimum Gasteiger partial charge on any atom is -0.271 e. The van der Waals surface area contributed by atoms with Crippen molar-refractivity contribution < 1.29 is 0 Å². The van der Waals surface area contributed by atoms with E-state index in [4.69, 9.17) is 5.84 Å². The summed E-state index contributed by atoms with van der Waals surface area (Å²) in [4.78, 5) is 0. The fourth-order valence-corrected chi connectivity index (χ4v) is 3.54. The number of hydrogen-bond acceptors (Lipinski definition) is 2. The second kappa shape index (κ2) is 5.32. The number of hydrazine groups is 1. The van der Waals surface area contributed by atoms with Gasteiger partial charge in [-0.3, -0.25) is 11.3 Å². The van der Waals surface area contributed by atoms with Crippen molar-refractivity contribution in [1.82, 2.24) is 5.43 Å². The quantitative estimate of drug-likeness (QED) is 0.646. The standard InChI is InChI=1S/C17H22N2/c1-12-5-4-8-16(12)17(19-18)15-10-9-13-6-2-3-7-14(13)11-15/h2-3,6-7,9-12,16-17,19H,4-5,8,18H2,1H3. The van der Waals surface area contributed by atoms with Gasteiger partial charge in [-0.25, -0.2) is 0 Å². The minimum absolute atomic E-state index is 0.280. The summed E-state index contributed by atoms with van der Waals surface area (Å²) in [5.41, 5.74) is 4.37. The van der Waals surface area contributed by atoms with Gasteiger partial charge in [0.05, 0.1) is 0 Å². The third-order valence-corrected chi connectivity index (χ3v) is 4.67. The second-order valence-electron chi connectivity index (χ2n) is 5.82. The van der Waals surface area contributed by atoms with Gasteiger partial charge in [-0.2, -0.15) is 0 Å². The molecule has 3 unspecified atom stereocenters. The Balaban J connectivity index is 1.96. The Labute approximate surface area is 115 Å². The van der Waals surface area contributed by atoms with E-state index in [0.717, 1.165) is 5.92 Å². The second-order valence-corrected chi connectivity index (χ2v) is 5.82. The maximum absolute atomic E-state index is 5.84. The zero-order valence-corrected chi connectivity index (χ0v) is 11.5. The monoisotopic (exact) mass is 254 g/mol. The fourth-order valence-electron chi connectivity index (χ4n) is 3.54. The topological polar surface area (TPSA) is 38.0 Å². The highest BCUT2D eigenvalue weighted by Gasteiger charge is 2.31. The highest BCUT2D eigenvalue weighted by atomic mass is 15.2. The predicted octanol–water partition coefficient (Wildman–Crippen LogP) is 3.78. The average molecular weight is 254 g/mol. The summed E-state index contributed by atoms with van der Waals surface area (Å²) >= 11 is 0. The Morgan fingerprint density at radius 3 is 2.58 bits per heavy atom. The number of rotatable bonds is 3. The molecular weight excluding hydrogens is 232 g/mol. The van der Waals surface area contributed by atoms with Crippen molar-refractivity contribution in [2.45, 2.75) is 32.2 Å². The van der Waals surface area contributed by atoms with Crippen LogP contribution in [0.25, 0.3) is 10.8 Å². The van der Waals surface area contributed by atoms with Crippen LogP contribution < -0.4 is 11.3 Å². The van der Waals surface area contributed by atoms with Crippen LogP contribution in [0.2, 0.25) is 0 Å². The van der Waals surface area contributed by atoms with E-state index >= 15 is 0 Å². The molecule has 0 radical (unpaired) electrons. The van der Waals surface area contributed by atoms with E-state index in [1.54, 1.807) is 0 Å². The molecule has 1 aliphatic rings. The van der Waals surface area contributed by atoms with E-state index in [0.29, 0.717) is 5.92 Å². The Morgan fingerprint density at radius 2 is 1.89 bits per heavy atom. The van der Waals surface area contributed by atoms with Gasteiger partial charge in [-0.1, -0.05) is 56.2 Å². The van der Waals surface area contributed by atoms with Crippen molar-refractivity contribution in [2.24, 2.45) is 17.7 Å². The highest BCUT2D eigenvalue weighted by molar-refractivity contribution is 5.83. The van der Waals surface area contributed by atoms with Gasteiger partial charge in [-0.15, -0.1) is 0 Å². The zero-order valence-electron chi connectivity index (χ0n) is 11.5. The lowest BCUT2D eigenvalue weighted by Crippen LogP contribution is -2.34. The lowest BCUT2D eigenvalue weighted by Gasteiger charge is -2.27. The van der Waals surface area contributed by atoms with Crippen LogP contribution >= 0.6 is 0 Å². The number of nitrogens with two attached hydrogens (primary N) is 1. The van der Waals surface area contributed by atoms with Crippen molar-refractivity contribution in [2.75, 3.05) is 0 Å². The Kier molecular flexibility index (Phi) is 3.54. The fraction of sp³-hybridized carbons (Fsp3) is 0.412. The molecule has 19 heavy (non-hydrogen) atoms. The molecule has 3 atom stereocenters. The maximum Gasteiger partial charge on any atom is 0.0490 e. The Hall–Kier alpha value is -1.38. The summed E-state index contributed by atoms with van der Waals surface area (Å²) in [6.45, 7) is 2.35. The Bertz CT molecular complexity index is 564. The zero-order chi connectivity index (χ0) is 13.2. The van der Waals surface area contributed by atoms with Gasteiger partial charge in [0, 0.05) is 6.04 Å². The number of benzene rings is 2. The number of nitrogens with one attached hydrogen (secondary N) is 1. The molecule has 0 aliphatic heterocycles. The molecule has 1 saturated carbocycles. The van der Waals surface area contributed by atoms with E-state index in [1.165, 1.54) is 35.6 Å². The van der Waals surface area contributed by atoms with Crippen molar-refractivity contribution in [3.05, 3.63) is 48.0 Å². The molecule has 2 heteroatoms.